The van der Waals surface area contributed by atoms with Gasteiger partial charge in [-0.15, -0.1) is 0 Å². The maximum absolute atomic E-state index is 12.2. The number of nitrogens with one attached hydrogen (secondary N) is 2. The van der Waals surface area contributed by atoms with Gasteiger partial charge in [-0.05, 0) is 50.5 Å². The molecule has 0 saturated carbocycles. The van der Waals surface area contributed by atoms with E-state index >= 15 is 0 Å². The lowest BCUT2D eigenvalue weighted by molar-refractivity contribution is -0.122. The van der Waals surface area contributed by atoms with E-state index in [1.54, 1.807) is 0 Å². The smallest absolute Gasteiger partial charge is 0.220 e. The van der Waals surface area contributed by atoms with Crippen LogP contribution in [0.15, 0.2) is 30.3 Å². The Morgan fingerprint density at radius 2 is 1.90 bits per heavy atom. The molecular weight excluding hydrogens is 260 g/mol. The van der Waals surface area contributed by atoms with Gasteiger partial charge in [-0.2, -0.15) is 0 Å². The Labute approximate surface area is 127 Å². The van der Waals surface area contributed by atoms with Crippen LogP contribution in [0.1, 0.15) is 44.6 Å². The molecule has 0 spiro atoms. The summed E-state index contributed by atoms with van der Waals surface area (Å²) in [6, 6.07) is 11.9. The van der Waals surface area contributed by atoms with Gasteiger partial charge in [0.2, 0.25) is 5.91 Å². The number of piperidine rings is 1. The van der Waals surface area contributed by atoms with E-state index in [0.29, 0.717) is 24.4 Å². The predicted molar refractivity (Wildman–Crippen MR) is 85.0 cm³/mol. The van der Waals surface area contributed by atoms with Crippen molar-refractivity contribution in [3.63, 3.8) is 0 Å². The molecular formula is C18H26N2O. The number of hydrogen-bond donors (Lipinski definition) is 2. The second kappa shape index (κ2) is 6.61. The maximum Gasteiger partial charge on any atom is 0.220 e. The van der Waals surface area contributed by atoms with Crippen molar-refractivity contribution in [2.75, 3.05) is 0 Å². The van der Waals surface area contributed by atoms with Crippen LogP contribution in [0.2, 0.25) is 0 Å². The lowest BCUT2D eigenvalue weighted by atomic mass is 9.89. The molecule has 2 heterocycles. The fraction of sp³-hybridized carbons (Fsp3) is 0.611. The summed E-state index contributed by atoms with van der Waals surface area (Å²) in [6.07, 6.45) is 6.56. The van der Waals surface area contributed by atoms with Crippen LogP contribution in [-0.2, 0) is 11.2 Å². The van der Waals surface area contributed by atoms with Crippen LogP contribution in [-0.4, -0.2) is 24.0 Å². The third-order valence-electron chi connectivity index (χ3n) is 4.84. The maximum atomic E-state index is 12.2. The van der Waals surface area contributed by atoms with E-state index in [-0.39, 0.29) is 11.9 Å². The Morgan fingerprint density at radius 1 is 1.24 bits per heavy atom. The zero-order valence-electron chi connectivity index (χ0n) is 12.8. The minimum Gasteiger partial charge on any atom is -0.353 e. The third-order valence-corrected chi connectivity index (χ3v) is 4.84. The van der Waals surface area contributed by atoms with Crippen LogP contribution in [0.4, 0.5) is 0 Å². The first-order valence-corrected chi connectivity index (χ1v) is 8.28. The summed E-state index contributed by atoms with van der Waals surface area (Å²) in [5.41, 5.74) is 1.28. The molecule has 0 aromatic heterocycles. The van der Waals surface area contributed by atoms with Crippen molar-refractivity contribution in [1.82, 2.24) is 10.6 Å². The van der Waals surface area contributed by atoms with Crippen molar-refractivity contribution >= 4 is 5.91 Å². The van der Waals surface area contributed by atoms with Gasteiger partial charge < -0.3 is 10.6 Å². The van der Waals surface area contributed by atoms with E-state index < -0.39 is 0 Å². The summed E-state index contributed by atoms with van der Waals surface area (Å²) >= 11 is 0. The Kier molecular flexibility index (Phi) is 4.59. The number of benzene rings is 1. The van der Waals surface area contributed by atoms with Crippen molar-refractivity contribution in [2.24, 2.45) is 5.92 Å². The number of hydrogen-bond acceptors (Lipinski definition) is 2. The molecule has 2 aliphatic rings. The van der Waals surface area contributed by atoms with Gasteiger partial charge in [0.15, 0.2) is 0 Å². The Morgan fingerprint density at radius 3 is 2.57 bits per heavy atom. The summed E-state index contributed by atoms with van der Waals surface area (Å²) < 4.78 is 0. The van der Waals surface area contributed by atoms with Crippen LogP contribution >= 0.6 is 0 Å². The van der Waals surface area contributed by atoms with Gasteiger partial charge in [0, 0.05) is 24.5 Å². The van der Waals surface area contributed by atoms with Crippen LogP contribution in [0.3, 0.4) is 0 Å². The summed E-state index contributed by atoms with van der Waals surface area (Å²) in [5.74, 6) is 0.803. The summed E-state index contributed by atoms with van der Waals surface area (Å²) in [7, 11) is 0. The van der Waals surface area contributed by atoms with Crippen molar-refractivity contribution in [3.8, 4) is 0 Å². The first-order chi connectivity index (χ1) is 10.2. The Balaban J connectivity index is 1.43. The van der Waals surface area contributed by atoms with E-state index in [0.717, 1.165) is 6.42 Å². The number of carbonyl (C=O) groups excluding carboxylic acids is 1. The van der Waals surface area contributed by atoms with E-state index in [4.69, 9.17) is 0 Å². The standard InChI is InChI=1S/C18H26N2O/c1-13(9-14-5-3-2-4-6-14)19-18(21)12-15-10-16-7-8-17(11-15)20-16/h2-6,13,15-17,20H,7-12H2,1H3,(H,19,21). The number of fused-ring (bicyclic) bond motifs is 2. The summed E-state index contributed by atoms with van der Waals surface area (Å²) in [5, 5.41) is 6.80. The fourth-order valence-corrected chi connectivity index (χ4v) is 3.96. The molecule has 3 heteroatoms. The zero-order valence-corrected chi connectivity index (χ0v) is 12.8. The third kappa shape index (κ3) is 4.07. The molecule has 0 aliphatic carbocycles. The molecule has 2 N–H and O–H groups in total. The largest absolute Gasteiger partial charge is 0.353 e. The van der Waals surface area contributed by atoms with E-state index in [9.17, 15) is 4.79 Å². The van der Waals surface area contributed by atoms with Gasteiger partial charge in [-0.1, -0.05) is 30.3 Å². The predicted octanol–water partition coefficient (Wildman–Crippen LogP) is 2.65. The quantitative estimate of drug-likeness (QED) is 0.873. The summed E-state index contributed by atoms with van der Waals surface area (Å²) in [4.78, 5) is 12.2. The molecule has 1 aromatic carbocycles. The molecule has 3 nitrogen and oxygen atoms in total. The van der Waals surface area contributed by atoms with Crippen molar-refractivity contribution in [3.05, 3.63) is 35.9 Å². The minimum atomic E-state index is 0.207. The van der Waals surface area contributed by atoms with Crippen LogP contribution < -0.4 is 10.6 Å². The van der Waals surface area contributed by atoms with Gasteiger partial charge in [-0.3, -0.25) is 4.79 Å². The molecule has 1 aromatic rings. The van der Waals surface area contributed by atoms with Crippen molar-refractivity contribution in [1.29, 1.82) is 0 Å². The molecule has 0 radical (unpaired) electrons. The average molecular weight is 286 g/mol. The fourth-order valence-electron chi connectivity index (χ4n) is 3.96. The number of carbonyl (C=O) groups is 1. The Bertz CT molecular complexity index is 461. The topological polar surface area (TPSA) is 41.1 Å². The lowest BCUT2D eigenvalue weighted by Crippen LogP contribution is -2.41. The SMILES string of the molecule is CC(Cc1ccccc1)NC(=O)CC1CC2CCC(C1)N2. The normalized spacial score (nSPS) is 29.1. The molecule has 3 unspecified atom stereocenters. The molecule has 2 saturated heterocycles. The lowest BCUT2D eigenvalue weighted by Gasteiger charge is -2.29. The van der Waals surface area contributed by atoms with Crippen LogP contribution in [0.25, 0.3) is 0 Å². The average Bonchev–Trinajstić information content (AvgIpc) is 2.78. The van der Waals surface area contributed by atoms with Gasteiger partial charge in [-0.25, -0.2) is 0 Å². The Hall–Kier alpha value is -1.35. The van der Waals surface area contributed by atoms with Crippen molar-refractivity contribution < 1.29 is 4.79 Å². The van der Waals surface area contributed by atoms with E-state index in [1.807, 2.05) is 6.07 Å². The highest BCUT2D eigenvalue weighted by molar-refractivity contribution is 5.76. The van der Waals surface area contributed by atoms with Gasteiger partial charge in [0.05, 0.1) is 0 Å². The van der Waals surface area contributed by atoms with Gasteiger partial charge in [0.25, 0.3) is 0 Å². The number of amides is 1. The van der Waals surface area contributed by atoms with Gasteiger partial charge >= 0.3 is 0 Å². The first kappa shape index (κ1) is 14.6. The molecule has 3 atom stereocenters. The monoisotopic (exact) mass is 286 g/mol. The molecule has 3 rings (SSSR count). The van der Waals surface area contributed by atoms with Crippen LogP contribution in [0, 0.1) is 5.92 Å². The second-order valence-electron chi connectivity index (χ2n) is 6.84. The molecule has 2 fully saturated rings. The van der Waals surface area contributed by atoms with Crippen molar-refractivity contribution in [2.45, 2.75) is 63.6 Å². The first-order valence-electron chi connectivity index (χ1n) is 8.28. The molecule has 114 valence electrons. The molecule has 21 heavy (non-hydrogen) atoms. The van der Waals surface area contributed by atoms with E-state index in [1.165, 1.54) is 31.2 Å². The molecule has 1 amide bonds. The highest BCUT2D eigenvalue weighted by Crippen LogP contribution is 2.32. The molecule has 2 aliphatic heterocycles. The summed E-state index contributed by atoms with van der Waals surface area (Å²) in [6.45, 7) is 2.09. The van der Waals surface area contributed by atoms with E-state index in [2.05, 4.69) is 41.8 Å². The molecule has 2 bridgehead atoms. The zero-order chi connectivity index (χ0) is 14.7. The number of rotatable bonds is 5. The highest BCUT2D eigenvalue weighted by atomic mass is 16.1. The minimum absolute atomic E-state index is 0.207. The second-order valence-corrected chi connectivity index (χ2v) is 6.84. The van der Waals surface area contributed by atoms with Crippen LogP contribution in [0.5, 0.6) is 0 Å². The highest BCUT2D eigenvalue weighted by Gasteiger charge is 2.34. The van der Waals surface area contributed by atoms with Gasteiger partial charge in [0.1, 0.15) is 0 Å².